The molecule has 1 aromatic heterocycles. The number of nitrogens with zero attached hydrogens (tertiary/aromatic N) is 2. The maximum atomic E-state index is 4.78. The Bertz CT molecular complexity index is 569. The fourth-order valence-electron chi connectivity index (χ4n) is 3.00. The molecule has 0 bridgehead atoms. The highest BCUT2D eigenvalue weighted by Crippen LogP contribution is 2.34. The quantitative estimate of drug-likeness (QED) is 0.836. The standard InChI is InChI=1S/C17H25N3/c1-3-11-18-15(13-9-10-13)12-20-16-8-6-5-7-14(16)19-17(20)4-2/h5-8,13,15,18H,3-4,9-12H2,1-2H3. The van der Waals surface area contributed by atoms with Crippen LogP contribution in [0.5, 0.6) is 0 Å². The lowest BCUT2D eigenvalue weighted by molar-refractivity contribution is 0.407. The Balaban J connectivity index is 1.87. The molecule has 1 aliphatic rings. The molecule has 0 spiro atoms. The number of hydrogen-bond donors (Lipinski definition) is 1. The fraction of sp³-hybridized carbons (Fsp3) is 0.588. The minimum atomic E-state index is 0.609. The van der Waals surface area contributed by atoms with Gasteiger partial charge in [0.1, 0.15) is 5.82 Å². The third-order valence-electron chi connectivity index (χ3n) is 4.28. The summed E-state index contributed by atoms with van der Waals surface area (Å²) in [5.41, 5.74) is 2.42. The Morgan fingerprint density at radius 3 is 2.80 bits per heavy atom. The van der Waals surface area contributed by atoms with Crippen LogP contribution in [0, 0.1) is 5.92 Å². The van der Waals surface area contributed by atoms with Crippen molar-refractivity contribution in [1.82, 2.24) is 14.9 Å². The smallest absolute Gasteiger partial charge is 0.109 e. The molecule has 1 unspecified atom stereocenters. The number of rotatable bonds is 7. The van der Waals surface area contributed by atoms with E-state index >= 15 is 0 Å². The molecule has 3 nitrogen and oxygen atoms in total. The van der Waals surface area contributed by atoms with E-state index in [9.17, 15) is 0 Å². The molecular formula is C17H25N3. The van der Waals surface area contributed by atoms with Gasteiger partial charge in [-0.05, 0) is 43.9 Å². The molecule has 1 aromatic carbocycles. The van der Waals surface area contributed by atoms with Crippen LogP contribution >= 0.6 is 0 Å². The second-order valence-electron chi connectivity index (χ2n) is 5.88. The van der Waals surface area contributed by atoms with Crippen molar-refractivity contribution >= 4 is 11.0 Å². The van der Waals surface area contributed by atoms with Gasteiger partial charge in [0.05, 0.1) is 11.0 Å². The van der Waals surface area contributed by atoms with Gasteiger partial charge in [0.15, 0.2) is 0 Å². The fourth-order valence-corrected chi connectivity index (χ4v) is 3.00. The van der Waals surface area contributed by atoms with E-state index in [-0.39, 0.29) is 0 Å². The molecule has 0 saturated heterocycles. The lowest BCUT2D eigenvalue weighted by atomic mass is 10.1. The van der Waals surface area contributed by atoms with Crippen LogP contribution < -0.4 is 5.32 Å². The van der Waals surface area contributed by atoms with Crippen LogP contribution in [0.1, 0.15) is 38.9 Å². The third-order valence-corrected chi connectivity index (χ3v) is 4.28. The van der Waals surface area contributed by atoms with E-state index in [2.05, 4.69) is 48.0 Å². The van der Waals surface area contributed by atoms with E-state index in [0.29, 0.717) is 6.04 Å². The highest BCUT2D eigenvalue weighted by molar-refractivity contribution is 5.75. The minimum absolute atomic E-state index is 0.609. The summed E-state index contributed by atoms with van der Waals surface area (Å²) in [5, 5.41) is 3.74. The lowest BCUT2D eigenvalue weighted by Gasteiger charge is -2.20. The average molecular weight is 271 g/mol. The van der Waals surface area contributed by atoms with Crippen molar-refractivity contribution in [3.05, 3.63) is 30.1 Å². The van der Waals surface area contributed by atoms with Crippen LogP contribution in [0.25, 0.3) is 11.0 Å². The zero-order chi connectivity index (χ0) is 13.9. The van der Waals surface area contributed by atoms with E-state index in [0.717, 1.165) is 30.9 Å². The molecule has 20 heavy (non-hydrogen) atoms. The number of aryl methyl sites for hydroxylation is 1. The molecule has 1 atom stereocenters. The topological polar surface area (TPSA) is 29.9 Å². The van der Waals surface area contributed by atoms with Crippen LogP contribution in [0.3, 0.4) is 0 Å². The van der Waals surface area contributed by atoms with Gasteiger partial charge in [0, 0.05) is 19.0 Å². The SMILES string of the molecule is CCCNC(Cn1c(CC)nc2ccccc21)C1CC1. The van der Waals surface area contributed by atoms with E-state index < -0.39 is 0 Å². The molecule has 0 radical (unpaired) electrons. The highest BCUT2D eigenvalue weighted by atomic mass is 15.1. The summed E-state index contributed by atoms with van der Waals surface area (Å²) in [6, 6.07) is 9.12. The summed E-state index contributed by atoms with van der Waals surface area (Å²) >= 11 is 0. The summed E-state index contributed by atoms with van der Waals surface area (Å²) in [4.78, 5) is 4.78. The number of nitrogens with one attached hydrogen (secondary N) is 1. The number of benzene rings is 1. The van der Waals surface area contributed by atoms with E-state index in [4.69, 9.17) is 4.98 Å². The Kier molecular flexibility index (Phi) is 4.06. The number of para-hydroxylation sites is 2. The van der Waals surface area contributed by atoms with Crippen LogP contribution in [0.15, 0.2) is 24.3 Å². The van der Waals surface area contributed by atoms with Gasteiger partial charge in [-0.2, -0.15) is 0 Å². The van der Waals surface area contributed by atoms with Crippen molar-refractivity contribution < 1.29 is 0 Å². The Morgan fingerprint density at radius 2 is 2.10 bits per heavy atom. The average Bonchev–Trinajstić information content (AvgIpc) is 3.26. The van der Waals surface area contributed by atoms with Crippen molar-refractivity contribution in [2.75, 3.05) is 6.54 Å². The van der Waals surface area contributed by atoms with Crippen molar-refractivity contribution in [2.45, 2.75) is 52.1 Å². The minimum Gasteiger partial charge on any atom is -0.326 e. The number of aromatic nitrogens is 2. The molecule has 3 heteroatoms. The maximum Gasteiger partial charge on any atom is 0.109 e. The summed E-state index contributed by atoms with van der Waals surface area (Å²) < 4.78 is 2.43. The van der Waals surface area contributed by atoms with Gasteiger partial charge >= 0.3 is 0 Å². The van der Waals surface area contributed by atoms with Gasteiger partial charge in [0.2, 0.25) is 0 Å². The summed E-state index contributed by atoms with van der Waals surface area (Å²) in [6.07, 6.45) is 4.97. The van der Waals surface area contributed by atoms with Crippen LogP contribution in [-0.2, 0) is 13.0 Å². The van der Waals surface area contributed by atoms with Gasteiger partial charge in [-0.1, -0.05) is 26.0 Å². The van der Waals surface area contributed by atoms with Crippen LogP contribution in [0.2, 0.25) is 0 Å². The second kappa shape index (κ2) is 5.96. The normalized spacial score (nSPS) is 16.7. The Labute approximate surface area is 121 Å². The zero-order valence-electron chi connectivity index (χ0n) is 12.6. The summed E-state index contributed by atoms with van der Waals surface area (Å²) in [7, 11) is 0. The molecule has 1 aliphatic carbocycles. The van der Waals surface area contributed by atoms with Crippen LogP contribution in [0.4, 0.5) is 0 Å². The molecule has 1 saturated carbocycles. The van der Waals surface area contributed by atoms with Gasteiger partial charge < -0.3 is 9.88 Å². The predicted octanol–water partition coefficient (Wildman–Crippen LogP) is 3.38. The highest BCUT2D eigenvalue weighted by Gasteiger charge is 2.31. The van der Waals surface area contributed by atoms with E-state index in [1.807, 2.05) is 0 Å². The summed E-state index contributed by atoms with van der Waals surface area (Å²) in [5.74, 6) is 2.09. The number of hydrogen-bond acceptors (Lipinski definition) is 2. The first-order valence-corrected chi connectivity index (χ1v) is 8.01. The molecule has 3 rings (SSSR count). The molecule has 1 fully saturated rings. The Morgan fingerprint density at radius 1 is 1.30 bits per heavy atom. The first-order chi connectivity index (χ1) is 9.83. The van der Waals surface area contributed by atoms with Crippen molar-refractivity contribution in [2.24, 2.45) is 5.92 Å². The lowest BCUT2D eigenvalue weighted by Crippen LogP contribution is -2.36. The second-order valence-corrected chi connectivity index (χ2v) is 5.88. The molecule has 0 aliphatic heterocycles. The van der Waals surface area contributed by atoms with Gasteiger partial charge in [-0.15, -0.1) is 0 Å². The number of imidazole rings is 1. The van der Waals surface area contributed by atoms with Gasteiger partial charge in [-0.25, -0.2) is 4.98 Å². The Hall–Kier alpha value is -1.35. The number of fused-ring (bicyclic) bond motifs is 1. The summed E-state index contributed by atoms with van der Waals surface area (Å²) in [6.45, 7) is 6.62. The first-order valence-electron chi connectivity index (χ1n) is 8.01. The largest absolute Gasteiger partial charge is 0.326 e. The molecule has 1 N–H and O–H groups in total. The van der Waals surface area contributed by atoms with Crippen molar-refractivity contribution in [3.63, 3.8) is 0 Å². The molecule has 1 heterocycles. The molecule has 0 amide bonds. The van der Waals surface area contributed by atoms with Gasteiger partial charge in [-0.3, -0.25) is 0 Å². The predicted molar refractivity (Wildman–Crippen MR) is 83.9 cm³/mol. The monoisotopic (exact) mass is 271 g/mol. The van der Waals surface area contributed by atoms with Gasteiger partial charge in [0.25, 0.3) is 0 Å². The third kappa shape index (κ3) is 2.73. The zero-order valence-corrected chi connectivity index (χ0v) is 12.6. The first kappa shape index (κ1) is 13.6. The molecule has 108 valence electrons. The van der Waals surface area contributed by atoms with Crippen LogP contribution in [-0.4, -0.2) is 22.1 Å². The van der Waals surface area contributed by atoms with Crippen molar-refractivity contribution in [3.8, 4) is 0 Å². The maximum absolute atomic E-state index is 4.78. The van der Waals surface area contributed by atoms with E-state index in [1.165, 1.54) is 30.6 Å². The van der Waals surface area contributed by atoms with E-state index in [1.54, 1.807) is 0 Å². The van der Waals surface area contributed by atoms with Crippen molar-refractivity contribution in [1.29, 1.82) is 0 Å². The molecular weight excluding hydrogens is 246 g/mol. The molecule has 2 aromatic rings.